The van der Waals surface area contributed by atoms with Crippen LogP contribution in [0, 0.1) is 5.92 Å². The minimum Gasteiger partial charge on any atom is -0.486 e. The molecule has 2 bridgehead atoms. The van der Waals surface area contributed by atoms with Crippen molar-refractivity contribution in [1.82, 2.24) is 10.2 Å². The molecule has 24 heavy (non-hydrogen) atoms. The molecule has 0 spiro atoms. The second-order valence-electron chi connectivity index (χ2n) is 7.73. The van der Waals surface area contributed by atoms with Gasteiger partial charge in [-0.1, -0.05) is 19.1 Å². The smallest absolute Gasteiger partial charge is 0.161 e. The number of ether oxygens (including phenoxy) is 2. The number of hydrogen-bond acceptors (Lipinski definition) is 4. The first-order chi connectivity index (χ1) is 11.8. The molecule has 2 fully saturated rings. The van der Waals surface area contributed by atoms with Crippen LogP contribution in [0.4, 0.5) is 0 Å². The van der Waals surface area contributed by atoms with E-state index in [4.69, 9.17) is 9.47 Å². The van der Waals surface area contributed by atoms with E-state index in [1.54, 1.807) is 0 Å². The van der Waals surface area contributed by atoms with Crippen molar-refractivity contribution in [2.24, 2.45) is 5.92 Å². The number of para-hydroxylation sites is 2. The molecule has 1 aromatic rings. The largest absolute Gasteiger partial charge is 0.486 e. The Morgan fingerprint density at radius 3 is 2.58 bits per heavy atom. The first-order valence-electron chi connectivity index (χ1n) is 9.67. The molecule has 0 amide bonds. The molecule has 1 aromatic carbocycles. The number of nitrogens with zero attached hydrogens (tertiary/aromatic N) is 1. The molecule has 3 aliphatic rings. The zero-order valence-corrected chi connectivity index (χ0v) is 14.7. The van der Waals surface area contributed by atoms with Crippen LogP contribution in [0.3, 0.4) is 0 Å². The maximum Gasteiger partial charge on any atom is 0.161 e. The fourth-order valence-corrected chi connectivity index (χ4v) is 4.70. The lowest BCUT2D eigenvalue weighted by Crippen LogP contribution is -2.46. The standard InChI is InChI=1S/C20H30N2O2/c1-2-9-22(12-15-10-16-7-8-17(11-15)21-16)13-18-14-23-19-5-3-4-6-20(19)24-18/h3-6,15-18,21H,2,7-14H2,1H3. The first kappa shape index (κ1) is 16.2. The minimum atomic E-state index is 0.143. The van der Waals surface area contributed by atoms with Gasteiger partial charge in [0.25, 0.3) is 0 Å². The van der Waals surface area contributed by atoms with Crippen LogP contribution >= 0.6 is 0 Å². The van der Waals surface area contributed by atoms with Gasteiger partial charge in [0.15, 0.2) is 11.5 Å². The van der Waals surface area contributed by atoms with Gasteiger partial charge in [0.2, 0.25) is 0 Å². The molecule has 4 nitrogen and oxygen atoms in total. The predicted molar refractivity (Wildman–Crippen MR) is 95.8 cm³/mol. The van der Waals surface area contributed by atoms with Crippen LogP contribution in [0.15, 0.2) is 24.3 Å². The Kier molecular flexibility index (Phi) is 4.95. The molecule has 0 saturated carbocycles. The van der Waals surface area contributed by atoms with Gasteiger partial charge in [-0.2, -0.15) is 0 Å². The van der Waals surface area contributed by atoms with Gasteiger partial charge >= 0.3 is 0 Å². The third-order valence-electron chi connectivity index (χ3n) is 5.66. The summed E-state index contributed by atoms with van der Waals surface area (Å²) >= 11 is 0. The Hall–Kier alpha value is -1.26. The monoisotopic (exact) mass is 330 g/mol. The number of nitrogens with one attached hydrogen (secondary N) is 1. The lowest BCUT2D eigenvalue weighted by atomic mass is 9.92. The van der Waals surface area contributed by atoms with Gasteiger partial charge in [-0.05, 0) is 56.7 Å². The van der Waals surface area contributed by atoms with Crippen LogP contribution in [0.1, 0.15) is 39.0 Å². The van der Waals surface area contributed by atoms with E-state index in [9.17, 15) is 0 Å². The van der Waals surface area contributed by atoms with Gasteiger partial charge in [0, 0.05) is 25.2 Å². The highest BCUT2D eigenvalue weighted by Crippen LogP contribution is 2.33. The highest BCUT2D eigenvalue weighted by Gasteiger charge is 2.34. The molecule has 4 rings (SSSR count). The van der Waals surface area contributed by atoms with Gasteiger partial charge in [0.1, 0.15) is 12.7 Å². The van der Waals surface area contributed by atoms with E-state index in [0.29, 0.717) is 6.61 Å². The Morgan fingerprint density at radius 2 is 1.83 bits per heavy atom. The van der Waals surface area contributed by atoms with Crippen molar-refractivity contribution in [3.05, 3.63) is 24.3 Å². The summed E-state index contributed by atoms with van der Waals surface area (Å²) in [5, 5.41) is 3.75. The van der Waals surface area contributed by atoms with Gasteiger partial charge in [-0.15, -0.1) is 0 Å². The Morgan fingerprint density at radius 1 is 1.08 bits per heavy atom. The molecular weight excluding hydrogens is 300 g/mol. The molecule has 0 radical (unpaired) electrons. The molecule has 132 valence electrons. The highest BCUT2D eigenvalue weighted by molar-refractivity contribution is 5.40. The van der Waals surface area contributed by atoms with Crippen molar-refractivity contribution < 1.29 is 9.47 Å². The van der Waals surface area contributed by atoms with Crippen molar-refractivity contribution in [2.45, 2.75) is 57.2 Å². The molecule has 2 saturated heterocycles. The lowest BCUT2D eigenvalue weighted by molar-refractivity contribution is 0.0509. The van der Waals surface area contributed by atoms with Crippen molar-refractivity contribution in [1.29, 1.82) is 0 Å². The van der Waals surface area contributed by atoms with E-state index in [2.05, 4.69) is 17.1 Å². The summed E-state index contributed by atoms with van der Waals surface area (Å²) in [5.41, 5.74) is 0. The lowest BCUT2D eigenvalue weighted by Gasteiger charge is -2.36. The van der Waals surface area contributed by atoms with Crippen LogP contribution in [0.25, 0.3) is 0 Å². The molecular formula is C20H30N2O2. The summed E-state index contributed by atoms with van der Waals surface area (Å²) in [6.45, 7) is 6.27. The fourth-order valence-electron chi connectivity index (χ4n) is 4.70. The number of benzene rings is 1. The predicted octanol–water partition coefficient (Wildman–Crippen LogP) is 3.07. The number of piperidine rings is 1. The molecule has 4 heteroatoms. The van der Waals surface area contributed by atoms with Crippen LogP contribution in [0.5, 0.6) is 11.5 Å². The molecule has 3 atom stereocenters. The van der Waals surface area contributed by atoms with Gasteiger partial charge in [-0.3, -0.25) is 4.90 Å². The zero-order valence-electron chi connectivity index (χ0n) is 14.7. The van der Waals surface area contributed by atoms with E-state index in [1.165, 1.54) is 38.6 Å². The van der Waals surface area contributed by atoms with E-state index in [1.807, 2.05) is 24.3 Å². The summed E-state index contributed by atoms with van der Waals surface area (Å²) in [7, 11) is 0. The van der Waals surface area contributed by atoms with Crippen molar-refractivity contribution in [3.63, 3.8) is 0 Å². The molecule has 0 aliphatic carbocycles. The van der Waals surface area contributed by atoms with Gasteiger partial charge < -0.3 is 14.8 Å². The molecule has 0 aromatic heterocycles. The summed E-state index contributed by atoms with van der Waals surface area (Å²) in [6, 6.07) is 9.56. The van der Waals surface area contributed by atoms with E-state index >= 15 is 0 Å². The Labute approximate surface area is 145 Å². The van der Waals surface area contributed by atoms with Crippen LogP contribution < -0.4 is 14.8 Å². The number of hydrogen-bond donors (Lipinski definition) is 1. The van der Waals surface area contributed by atoms with Crippen LogP contribution in [0.2, 0.25) is 0 Å². The van der Waals surface area contributed by atoms with Gasteiger partial charge in [-0.25, -0.2) is 0 Å². The molecule has 3 aliphatic heterocycles. The SMILES string of the molecule is CCCN(CC1CC2CCC(C1)N2)CC1COc2ccccc2O1. The maximum atomic E-state index is 6.17. The zero-order chi connectivity index (χ0) is 16.4. The van der Waals surface area contributed by atoms with E-state index in [-0.39, 0.29) is 6.10 Å². The van der Waals surface area contributed by atoms with Crippen molar-refractivity contribution in [2.75, 3.05) is 26.2 Å². The minimum absolute atomic E-state index is 0.143. The first-order valence-corrected chi connectivity index (χ1v) is 9.67. The Bertz CT molecular complexity index is 538. The van der Waals surface area contributed by atoms with E-state index < -0.39 is 0 Å². The number of rotatable bonds is 6. The third-order valence-corrected chi connectivity index (χ3v) is 5.66. The molecule has 3 unspecified atom stereocenters. The average Bonchev–Trinajstić information content (AvgIpc) is 2.93. The Balaban J connectivity index is 1.34. The van der Waals surface area contributed by atoms with Crippen molar-refractivity contribution >= 4 is 0 Å². The number of fused-ring (bicyclic) bond motifs is 3. The quantitative estimate of drug-likeness (QED) is 0.869. The van der Waals surface area contributed by atoms with Gasteiger partial charge in [0.05, 0.1) is 0 Å². The topological polar surface area (TPSA) is 33.7 Å². The molecule has 1 N–H and O–H groups in total. The normalized spacial score (nSPS) is 31.4. The summed E-state index contributed by atoms with van der Waals surface area (Å²) in [5.74, 6) is 2.61. The molecule has 3 heterocycles. The fraction of sp³-hybridized carbons (Fsp3) is 0.700. The van der Waals surface area contributed by atoms with E-state index in [0.717, 1.165) is 42.6 Å². The van der Waals surface area contributed by atoms with Crippen molar-refractivity contribution in [3.8, 4) is 11.5 Å². The van der Waals surface area contributed by atoms with Crippen LogP contribution in [-0.4, -0.2) is 49.3 Å². The average molecular weight is 330 g/mol. The highest BCUT2D eigenvalue weighted by atomic mass is 16.6. The van der Waals surface area contributed by atoms with Crippen LogP contribution in [-0.2, 0) is 0 Å². The summed E-state index contributed by atoms with van der Waals surface area (Å²) in [4.78, 5) is 2.61. The second kappa shape index (κ2) is 7.32. The third kappa shape index (κ3) is 3.70. The summed E-state index contributed by atoms with van der Waals surface area (Å²) < 4.78 is 12.1. The summed E-state index contributed by atoms with van der Waals surface area (Å²) in [6.07, 6.45) is 6.80. The second-order valence-corrected chi connectivity index (χ2v) is 7.73. The maximum absolute atomic E-state index is 6.17.